The quantitative estimate of drug-likeness (QED) is 0.723. The van der Waals surface area contributed by atoms with Gasteiger partial charge in [-0.2, -0.15) is 0 Å². The largest absolute Gasteiger partial charge is 0.468 e. The van der Waals surface area contributed by atoms with Gasteiger partial charge in [-0.1, -0.05) is 30.3 Å². The van der Waals surface area contributed by atoms with Gasteiger partial charge in [0.1, 0.15) is 17.9 Å². The zero-order valence-corrected chi connectivity index (χ0v) is 11.8. The molecule has 0 radical (unpaired) electrons. The molecule has 5 heteroatoms. The van der Waals surface area contributed by atoms with Gasteiger partial charge in [0.15, 0.2) is 0 Å². The number of furan rings is 1. The van der Waals surface area contributed by atoms with Crippen molar-refractivity contribution < 1.29 is 4.42 Å². The smallest absolute Gasteiger partial charge is 0.146 e. The summed E-state index contributed by atoms with van der Waals surface area (Å²) in [6.07, 6.45) is 4.44. The maximum absolute atomic E-state index is 5.28. The average Bonchev–Trinajstić information content (AvgIpc) is 3.18. The molecule has 5 nitrogen and oxygen atoms in total. The van der Waals surface area contributed by atoms with Crippen LogP contribution in [0.5, 0.6) is 0 Å². The molecule has 0 saturated heterocycles. The zero-order chi connectivity index (χ0) is 14.3. The Labute approximate surface area is 123 Å². The lowest BCUT2D eigenvalue weighted by Gasteiger charge is -2.07. The topological polar surface area (TPSA) is 55.9 Å². The van der Waals surface area contributed by atoms with Gasteiger partial charge in [-0.3, -0.25) is 0 Å². The Bertz CT molecular complexity index is 646. The van der Waals surface area contributed by atoms with E-state index in [1.54, 1.807) is 12.6 Å². The lowest BCUT2D eigenvalue weighted by atomic mass is 10.1. The van der Waals surface area contributed by atoms with E-state index in [9.17, 15) is 0 Å². The number of hydrogen-bond acceptors (Lipinski definition) is 4. The highest BCUT2D eigenvalue weighted by molar-refractivity contribution is 5.14. The second kappa shape index (κ2) is 6.85. The number of nitrogens with zero attached hydrogens (tertiary/aromatic N) is 3. The molecule has 1 aromatic carbocycles. The van der Waals surface area contributed by atoms with E-state index in [0.717, 1.165) is 24.6 Å². The number of aromatic nitrogens is 3. The van der Waals surface area contributed by atoms with Gasteiger partial charge >= 0.3 is 0 Å². The SMILES string of the molecule is c1ccc(CCn2cnnc2CNCc2ccco2)cc1. The first-order valence-electron chi connectivity index (χ1n) is 7.05. The van der Waals surface area contributed by atoms with Gasteiger partial charge in [0.2, 0.25) is 0 Å². The molecule has 2 aromatic heterocycles. The van der Waals surface area contributed by atoms with Crippen molar-refractivity contribution in [2.24, 2.45) is 0 Å². The summed E-state index contributed by atoms with van der Waals surface area (Å²) in [4.78, 5) is 0. The van der Waals surface area contributed by atoms with E-state index in [1.807, 2.05) is 18.2 Å². The molecule has 0 atom stereocenters. The first-order valence-corrected chi connectivity index (χ1v) is 7.05. The summed E-state index contributed by atoms with van der Waals surface area (Å²) in [6, 6.07) is 14.3. The summed E-state index contributed by atoms with van der Waals surface area (Å²) < 4.78 is 7.37. The van der Waals surface area contributed by atoms with Gasteiger partial charge in [-0.15, -0.1) is 10.2 Å². The van der Waals surface area contributed by atoms with Crippen LogP contribution in [0.1, 0.15) is 17.1 Å². The van der Waals surface area contributed by atoms with E-state index in [1.165, 1.54) is 5.56 Å². The molecule has 2 heterocycles. The lowest BCUT2D eigenvalue weighted by molar-refractivity contribution is 0.476. The fourth-order valence-electron chi connectivity index (χ4n) is 2.21. The van der Waals surface area contributed by atoms with Crippen LogP contribution in [0.4, 0.5) is 0 Å². The van der Waals surface area contributed by atoms with Crippen molar-refractivity contribution in [2.75, 3.05) is 0 Å². The molecule has 0 aliphatic heterocycles. The summed E-state index contributed by atoms with van der Waals surface area (Å²) in [7, 11) is 0. The fourth-order valence-corrected chi connectivity index (χ4v) is 2.21. The van der Waals surface area contributed by atoms with E-state index in [0.29, 0.717) is 13.1 Å². The highest BCUT2D eigenvalue weighted by Gasteiger charge is 2.04. The van der Waals surface area contributed by atoms with E-state index in [4.69, 9.17) is 4.42 Å². The Balaban J connectivity index is 1.51. The van der Waals surface area contributed by atoms with Crippen LogP contribution in [0.25, 0.3) is 0 Å². The molecule has 0 aliphatic carbocycles. The molecular formula is C16H18N4O. The number of nitrogens with one attached hydrogen (secondary N) is 1. The fraction of sp³-hybridized carbons (Fsp3) is 0.250. The van der Waals surface area contributed by atoms with Gasteiger partial charge < -0.3 is 14.3 Å². The molecule has 0 unspecified atom stereocenters. The Morgan fingerprint density at radius 3 is 2.76 bits per heavy atom. The average molecular weight is 282 g/mol. The molecule has 0 amide bonds. The van der Waals surface area contributed by atoms with Crippen molar-refractivity contribution in [3.63, 3.8) is 0 Å². The molecular weight excluding hydrogens is 264 g/mol. The van der Waals surface area contributed by atoms with Crippen LogP contribution in [-0.2, 0) is 26.1 Å². The number of aryl methyl sites for hydroxylation is 2. The van der Waals surface area contributed by atoms with Gasteiger partial charge in [-0.25, -0.2) is 0 Å². The second-order valence-electron chi connectivity index (χ2n) is 4.86. The van der Waals surface area contributed by atoms with Crippen LogP contribution in [0, 0.1) is 0 Å². The first kappa shape index (κ1) is 13.6. The van der Waals surface area contributed by atoms with Crippen molar-refractivity contribution in [3.8, 4) is 0 Å². The van der Waals surface area contributed by atoms with Gasteiger partial charge in [0.25, 0.3) is 0 Å². The van der Waals surface area contributed by atoms with Crippen LogP contribution >= 0.6 is 0 Å². The first-order chi connectivity index (χ1) is 10.4. The Kier molecular flexibility index (Phi) is 4.43. The Morgan fingerprint density at radius 2 is 1.95 bits per heavy atom. The maximum Gasteiger partial charge on any atom is 0.146 e. The molecule has 0 aliphatic rings. The second-order valence-corrected chi connectivity index (χ2v) is 4.86. The molecule has 3 rings (SSSR count). The van der Waals surface area contributed by atoms with E-state index in [2.05, 4.69) is 44.3 Å². The van der Waals surface area contributed by atoms with Crippen molar-refractivity contribution in [1.82, 2.24) is 20.1 Å². The molecule has 0 saturated carbocycles. The van der Waals surface area contributed by atoms with E-state index in [-0.39, 0.29) is 0 Å². The van der Waals surface area contributed by atoms with Crippen LogP contribution < -0.4 is 5.32 Å². The molecule has 108 valence electrons. The molecule has 0 fully saturated rings. The Morgan fingerprint density at radius 1 is 1.05 bits per heavy atom. The van der Waals surface area contributed by atoms with Crippen LogP contribution in [-0.4, -0.2) is 14.8 Å². The lowest BCUT2D eigenvalue weighted by Crippen LogP contribution is -2.17. The third kappa shape index (κ3) is 3.79. The molecule has 3 aromatic rings. The summed E-state index contributed by atoms with van der Waals surface area (Å²) in [5, 5.41) is 11.5. The Hall–Kier alpha value is -2.40. The van der Waals surface area contributed by atoms with Crippen molar-refractivity contribution >= 4 is 0 Å². The van der Waals surface area contributed by atoms with E-state index < -0.39 is 0 Å². The third-order valence-corrected chi connectivity index (χ3v) is 3.34. The molecule has 21 heavy (non-hydrogen) atoms. The highest BCUT2D eigenvalue weighted by atomic mass is 16.3. The van der Waals surface area contributed by atoms with Crippen molar-refractivity contribution in [1.29, 1.82) is 0 Å². The third-order valence-electron chi connectivity index (χ3n) is 3.34. The summed E-state index contributed by atoms with van der Waals surface area (Å²) in [5.41, 5.74) is 1.32. The van der Waals surface area contributed by atoms with E-state index >= 15 is 0 Å². The minimum absolute atomic E-state index is 0.676. The normalized spacial score (nSPS) is 10.9. The maximum atomic E-state index is 5.28. The van der Waals surface area contributed by atoms with Gasteiger partial charge in [0, 0.05) is 6.54 Å². The number of rotatable bonds is 7. The summed E-state index contributed by atoms with van der Waals surface area (Å²) in [6.45, 7) is 2.25. The van der Waals surface area contributed by atoms with Gasteiger partial charge in [-0.05, 0) is 24.1 Å². The summed E-state index contributed by atoms with van der Waals surface area (Å²) >= 11 is 0. The monoisotopic (exact) mass is 282 g/mol. The molecule has 0 bridgehead atoms. The van der Waals surface area contributed by atoms with Crippen molar-refractivity contribution in [3.05, 3.63) is 72.2 Å². The highest BCUT2D eigenvalue weighted by Crippen LogP contribution is 2.04. The standard InChI is InChI=1S/C16H18N4O/c1-2-5-14(6-3-1)8-9-20-13-18-19-16(20)12-17-11-15-7-4-10-21-15/h1-7,10,13,17H,8-9,11-12H2. The number of hydrogen-bond donors (Lipinski definition) is 1. The minimum Gasteiger partial charge on any atom is -0.468 e. The number of benzene rings is 1. The zero-order valence-electron chi connectivity index (χ0n) is 11.8. The summed E-state index contributed by atoms with van der Waals surface area (Å²) in [5.74, 6) is 1.86. The van der Waals surface area contributed by atoms with Crippen LogP contribution in [0.15, 0.2) is 59.5 Å². The molecule has 0 spiro atoms. The van der Waals surface area contributed by atoms with Crippen molar-refractivity contribution in [2.45, 2.75) is 26.1 Å². The molecule has 1 N–H and O–H groups in total. The predicted octanol–water partition coefficient (Wildman–Crippen LogP) is 2.40. The minimum atomic E-state index is 0.676. The van der Waals surface area contributed by atoms with Gasteiger partial charge in [0.05, 0.1) is 19.4 Å². The predicted molar refractivity (Wildman–Crippen MR) is 79.4 cm³/mol. The van der Waals surface area contributed by atoms with Crippen LogP contribution in [0.3, 0.4) is 0 Å². The van der Waals surface area contributed by atoms with Crippen LogP contribution in [0.2, 0.25) is 0 Å².